The Bertz CT molecular complexity index is 324. The van der Waals surface area contributed by atoms with Gasteiger partial charge in [-0.3, -0.25) is 9.05 Å². The van der Waals surface area contributed by atoms with Crippen LogP contribution in [0.15, 0.2) is 24.3 Å². The van der Waals surface area contributed by atoms with E-state index in [-0.39, 0.29) is 13.2 Å². The molecule has 0 spiro atoms. The Morgan fingerprint density at radius 1 is 1.05 bits per heavy atom. The van der Waals surface area contributed by atoms with E-state index >= 15 is 0 Å². The molecule has 0 radical (unpaired) electrons. The van der Waals surface area contributed by atoms with Gasteiger partial charge in [-0.1, -0.05) is 24.3 Å². The van der Waals surface area contributed by atoms with Crippen LogP contribution >= 0.6 is 7.82 Å². The molecule has 0 aliphatic heterocycles. The third-order valence-corrected chi connectivity index (χ3v) is 2.82. The maximum absolute atomic E-state index is 11.6. The van der Waals surface area contributed by atoms with Gasteiger partial charge in [0.2, 0.25) is 0 Å². The van der Waals surface area contributed by atoms with Crippen LogP contribution in [0.1, 0.15) is 27.7 Å². The van der Waals surface area contributed by atoms with Gasteiger partial charge in [0.1, 0.15) is 0 Å². The highest BCUT2D eigenvalue weighted by Crippen LogP contribution is 2.46. The lowest BCUT2D eigenvalue weighted by Gasteiger charge is -2.21. The number of rotatable bonds is 10. The van der Waals surface area contributed by atoms with E-state index in [1.807, 2.05) is 0 Å². The van der Waals surface area contributed by atoms with E-state index in [1.54, 1.807) is 13.8 Å². The van der Waals surface area contributed by atoms with Gasteiger partial charge in [0.05, 0.1) is 13.2 Å². The largest absolute Gasteiger partial charge is 0.476 e. The van der Waals surface area contributed by atoms with E-state index in [4.69, 9.17) is 18.5 Å². The van der Waals surface area contributed by atoms with Gasteiger partial charge in [0, 0.05) is 0 Å². The van der Waals surface area contributed by atoms with Crippen molar-refractivity contribution in [3.05, 3.63) is 24.3 Å². The Balaban J connectivity index is 4.12. The van der Waals surface area contributed by atoms with Crippen LogP contribution in [0.5, 0.6) is 0 Å². The first-order chi connectivity index (χ1) is 8.62. The Hall–Kier alpha value is -0.490. The van der Waals surface area contributed by atoms with Gasteiger partial charge in [0.25, 0.3) is 0 Å². The maximum atomic E-state index is 11.6. The van der Waals surface area contributed by atoms with E-state index in [0.717, 1.165) is 11.1 Å². The summed E-state index contributed by atoms with van der Waals surface area (Å²) in [6.07, 6.45) is -1.78. The molecular formula is C12H23O6P. The lowest BCUT2D eigenvalue weighted by atomic mass is 10.4. The van der Waals surface area contributed by atoms with E-state index in [2.05, 4.69) is 13.2 Å². The van der Waals surface area contributed by atoms with E-state index < -0.39 is 20.4 Å². The summed E-state index contributed by atoms with van der Waals surface area (Å²) in [6.45, 7) is 14.3. The average molecular weight is 294 g/mol. The summed E-state index contributed by atoms with van der Waals surface area (Å²) in [5, 5.41) is 0. The number of phosphoric acid groups is 1. The van der Waals surface area contributed by atoms with Crippen LogP contribution in [0, 0.1) is 0 Å². The summed E-state index contributed by atoms with van der Waals surface area (Å²) < 4.78 is 31.5. The molecule has 112 valence electrons. The molecule has 0 saturated carbocycles. The Kier molecular flexibility index (Phi) is 8.41. The second-order valence-electron chi connectivity index (χ2n) is 4.35. The standard InChI is InChI=1S/C12H23O6P/c1-9(2)7-15-11(5)17-19(13,14)18-12(6)16-8-10(3)4/h11-12H,1,3,7-8H2,2,4-6H3,(H,13,14). The van der Waals surface area contributed by atoms with Crippen molar-refractivity contribution in [2.45, 2.75) is 40.3 Å². The summed E-state index contributed by atoms with van der Waals surface area (Å²) in [7, 11) is -4.23. The van der Waals surface area contributed by atoms with Crippen LogP contribution in [-0.2, 0) is 23.1 Å². The molecule has 0 rings (SSSR count). The summed E-state index contributed by atoms with van der Waals surface area (Å²) >= 11 is 0. The summed E-state index contributed by atoms with van der Waals surface area (Å²) in [5.41, 5.74) is 1.56. The van der Waals surface area contributed by atoms with E-state index in [1.165, 1.54) is 13.8 Å². The minimum absolute atomic E-state index is 0.239. The highest BCUT2D eigenvalue weighted by atomic mass is 31.2. The minimum Gasteiger partial charge on any atom is -0.348 e. The number of ether oxygens (including phenoxy) is 2. The van der Waals surface area contributed by atoms with Crippen molar-refractivity contribution in [2.24, 2.45) is 0 Å². The van der Waals surface area contributed by atoms with Gasteiger partial charge in [-0.25, -0.2) is 4.57 Å². The third-order valence-electron chi connectivity index (χ3n) is 1.69. The summed E-state index contributed by atoms with van der Waals surface area (Å²) in [6, 6.07) is 0. The quantitative estimate of drug-likeness (QED) is 0.379. The zero-order valence-corrected chi connectivity index (χ0v) is 12.8. The number of phosphoric ester groups is 1. The maximum Gasteiger partial charge on any atom is 0.476 e. The fourth-order valence-electron chi connectivity index (χ4n) is 0.980. The van der Waals surface area contributed by atoms with Crippen molar-refractivity contribution in [1.29, 1.82) is 0 Å². The lowest BCUT2D eigenvalue weighted by Crippen LogP contribution is -2.17. The molecule has 0 heterocycles. The molecule has 2 atom stereocenters. The summed E-state index contributed by atoms with van der Waals surface area (Å²) in [5.74, 6) is 0. The van der Waals surface area contributed by atoms with Gasteiger partial charge in [-0.2, -0.15) is 0 Å². The summed E-state index contributed by atoms with van der Waals surface area (Å²) in [4.78, 5) is 9.49. The van der Waals surface area contributed by atoms with Crippen LogP contribution in [0.2, 0.25) is 0 Å². The topological polar surface area (TPSA) is 74.2 Å². The monoisotopic (exact) mass is 294 g/mol. The predicted molar refractivity (Wildman–Crippen MR) is 72.5 cm³/mol. The van der Waals surface area contributed by atoms with Crippen LogP contribution in [0.25, 0.3) is 0 Å². The normalized spacial score (nSPS) is 17.5. The van der Waals surface area contributed by atoms with E-state index in [9.17, 15) is 9.46 Å². The molecular weight excluding hydrogens is 271 g/mol. The van der Waals surface area contributed by atoms with Crippen molar-refractivity contribution in [2.75, 3.05) is 13.2 Å². The van der Waals surface area contributed by atoms with Gasteiger partial charge in [0.15, 0.2) is 12.6 Å². The molecule has 6 nitrogen and oxygen atoms in total. The van der Waals surface area contributed by atoms with Gasteiger partial charge < -0.3 is 14.4 Å². The number of hydrogen-bond donors (Lipinski definition) is 1. The van der Waals surface area contributed by atoms with Gasteiger partial charge in [-0.15, -0.1) is 0 Å². The number of hydrogen-bond acceptors (Lipinski definition) is 5. The molecule has 0 amide bonds. The van der Waals surface area contributed by atoms with Crippen LogP contribution in [0.3, 0.4) is 0 Å². The second-order valence-corrected chi connectivity index (χ2v) is 5.71. The first-order valence-electron chi connectivity index (χ1n) is 5.84. The second kappa shape index (κ2) is 8.64. The average Bonchev–Trinajstić information content (AvgIpc) is 2.22. The molecule has 0 aliphatic rings. The van der Waals surface area contributed by atoms with Crippen molar-refractivity contribution in [3.63, 3.8) is 0 Å². The Morgan fingerprint density at radius 3 is 1.63 bits per heavy atom. The van der Waals surface area contributed by atoms with E-state index in [0.29, 0.717) is 0 Å². The highest BCUT2D eigenvalue weighted by molar-refractivity contribution is 7.47. The fraction of sp³-hybridized carbons (Fsp3) is 0.667. The Labute approximate surface area is 114 Å². The van der Waals surface area contributed by atoms with Crippen molar-refractivity contribution < 1.29 is 28.0 Å². The molecule has 7 heteroatoms. The fourth-order valence-corrected chi connectivity index (χ4v) is 1.90. The van der Waals surface area contributed by atoms with Crippen LogP contribution < -0.4 is 0 Å². The smallest absolute Gasteiger partial charge is 0.348 e. The van der Waals surface area contributed by atoms with Crippen molar-refractivity contribution >= 4 is 7.82 Å². The molecule has 0 aromatic rings. The van der Waals surface area contributed by atoms with Crippen LogP contribution in [-0.4, -0.2) is 30.7 Å². The van der Waals surface area contributed by atoms with Crippen molar-refractivity contribution in [3.8, 4) is 0 Å². The third kappa shape index (κ3) is 11.1. The van der Waals surface area contributed by atoms with Gasteiger partial charge >= 0.3 is 7.82 Å². The zero-order chi connectivity index (χ0) is 15.1. The zero-order valence-electron chi connectivity index (χ0n) is 11.9. The first kappa shape index (κ1) is 18.5. The van der Waals surface area contributed by atoms with Crippen LogP contribution in [0.4, 0.5) is 0 Å². The molecule has 0 bridgehead atoms. The van der Waals surface area contributed by atoms with Crippen molar-refractivity contribution in [1.82, 2.24) is 0 Å². The minimum atomic E-state index is -4.23. The first-order valence-corrected chi connectivity index (χ1v) is 7.33. The SMILES string of the molecule is C=C(C)COC(C)OP(=O)(O)OC(C)OCC(=C)C. The highest BCUT2D eigenvalue weighted by Gasteiger charge is 2.28. The molecule has 0 fully saturated rings. The van der Waals surface area contributed by atoms with Gasteiger partial charge in [-0.05, 0) is 27.7 Å². The lowest BCUT2D eigenvalue weighted by molar-refractivity contribution is -0.110. The molecule has 0 aromatic heterocycles. The molecule has 1 N–H and O–H groups in total. The molecule has 2 unspecified atom stereocenters. The molecule has 0 saturated heterocycles. The predicted octanol–water partition coefficient (Wildman–Crippen LogP) is 3.00. The molecule has 0 aromatic carbocycles. The molecule has 19 heavy (non-hydrogen) atoms. The Morgan fingerprint density at radius 2 is 1.37 bits per heavy atom. The molecule has 0 aliphatic carbocycles.